The van der Waals surface area contributed by atoms with Crippen molar-refractivity contribution in [2.24, 2.45) is 0 Å². The van der Waals surface area contributed by atoms with Crippen molar-refractivity contribution in [3.63, 3.8) is 0 Å². The van der Waals surface area contributed by atoms with Crippen LogP contribution in [0.3, 0.4) is 0 Å². The SMILES string of the molecule is CCCCCCCCCC(=O)Oc1nncc(=O)[nH]1. The van der Waals surface area contributed by atoms with Gasteiger partial charge in [-0.3, -0.25) is 14.6 Å². The second kappa shape index (κ2) is 9.24. The first-order valence-corrected chi connectivity index (χ1v) is 6.85. The highest BCUT2D eigenvalue weighted by atomic mass is 16.5. The van der Waals surface area contributed by atoms with Crippen LogP contribution in [-0.2, 0) is 4.79 Å². The summed E-state index contributed by atoms with van der Waals surface area (Å²) in [6.07, 6.45) is 9.34. The quantitative estimate of drug-likeness (QED) is 0.547. The number of aromatic nitrogens is 3. The van der Waals surface area contributed by atoms with Crippen LogP contribution in [0.15, 0.2) is 11.0 Å². The van der Waals surface area contributed by atoms with Crippen molar-refractivity contribution < 1.29 is 9.53 Å². The number of hydrogen-bond acceptors (Lipinski definition) is 5. The summed E-state index contributed by atoms with van der Waals surface area (Å²) in [5, 5.41) is 6.91. The Morgan fingerprint density at radius 3 is 2.58 bits per heavy atom. The number of nitrogens with one attached hydrogen (secondary N) is 1. The molecule has 1 heterocycles. The number of unbranched alkanes of at least 4 members (excludes halogenated alkanes) is 6. The van der Waals surface area contributed by atoms with Gasteiger partial charge in [0.05, 0.1) is 0 Å². The summed E-state index contributed by atoms with van der Waals surface area (Å²) >= 11 is 0. The summed E-state index contributed by atoms with van der Waals surface area (Å²) in [6.45, 7) is 2.19. The Morgan fingerprint density at radius 1 is 1.21 bits per heavy atom. The number of hydrogen-bond donors (Lipinski definition) is 1. The molecule has 0 aromatic carbocycles. The van der Waals surface area contributed by atoms with Gasteiger partial charge in [0.2, 0.25) is 0 Å². The van der Waals surface area contributed by atoms with Gasteiger partial charge in [-0.25, -0.2) is 0 Å². The lowest BCUT2D eigenvalue weighted by Gasteiger charge is -2.02. The summed E-state index contributed by atoms with van der Waals surface area (Å²) < 4.78 is 4.87. The van der Waals surface area contributed by atoms with Crippen LogP contribution in [0.2, 0.25) is 0 Å². The number of carbonyl (C=O) groups excluding carboxylic acids is 1. The third-order valence-corrected chi connectivity index (χ3v) is 2.75. The number of esters is 1. The molecule has 106 valence electrons. The molecule has 0 aliphatic heterocycles. The van der Waals surface area contributed by atoms with Crippen LogP contribution in [0, 0.1) is 0 Å². The summed E-state index contributed by atoms with van der Waals surface area (Å²) in [7, 11) is 0. The minimum absolute atomic E-state index is 0.138. The van der Waals surface area contributed by atoms with Crippen LogP contribution in [0.1, 0.15) is 58.3 Å². The van der Waals surface area contributed by atoms with Crippen molar-refractivity contribution in [3.8, 4) is 6.01 Å². The zero-order chi connectivity index (χ0) is 13.9. The smallest absolute Gasteiger partial charge is 0.323 e. The van der Waals surface area contributed by atoms with E-state index in [0.717, 1.165) is 25.5 Å². The second-order valence-electron chi connectivity index (χ2n) is 4.48. The zero-order valence-electron chi connectivity index (χ0n) is 11.4. The first-order valence-electron chi connectivity index (χ1n) is 6.85. The molecule has 0 unspecified atom stereocenters. The fourth-order valence-electron chi connectivity index (χ4n) is 1.73. The van der Waals surface area contributed by atoms with Crippen LogP contribution in [0.5, 0.6) is 6.01 Å². The van der Waals surface area contributed by atoms with Gasteiger partial charge < -0.3 is 4.74 Å². The molecular weight excluding hydrogens is 246 g/mol. The van der Waals surface area contributed by atoms with Crippen molar-refractivity contribution in [1.29, 1.82) is 0 Å². The first kappa shape index (κ1) is 15.3. The van der Waals surface area contributed by atoms with E-state index in [1.54, 1.807) is 0 Å². The number of nitrogens with zero attached hydrogens (tertiary/aromatic N) is 2. The number of carbonyl (C=O) groups is 1. The van der Waals surface area contributed by atoms with E-state index in [1.807, 2.05) is 0 Å². The fraction of sp³-hybridized carbons (Fsp3) is 0.692. The van der Waals surface area contributed by atoms with E-state index in [-0.39, 0.29) is 12.0 Å². The van der Waals surface area contributed by atoms with Crippen molar-refractivity contribution in [1.82, 2.24) is 15.2 Å². The van der Waals surface area contributed by atoms with Gasteiger partial charge in [0.25, 0.3) is 5.56 Å². The Balaban J connectivity index is 2.10. The predicted molar refractivity (Wildman–Crippen MR) is 70.9 cm³/mol. The van der Waals surface area contributed by atoms with E-state index in [4.69, 9.17) is 4.74 Å². The Kier molecular flexibility index (Phi) is 7.46. The van der Waals surface area contributed by atoms with Crippen molar-refractivity contribution in [3.05, 3.63) is 16.6 Å². The molecule has 0 aliphatic rings. The fourth-order valence-corrected chi connectivity index (χ4v) is 1.73. The van der Waals surface area contributed by atoms with E-state index in [2.05, 4.69) is 22.1 Å². The third-order valence-electron chi connectivity index (χ3n) is 2.75. The highest BCUT2D eigenvalue weighted by molar-refractivity contribution is 5.71. The Hall–Kier alpha value is -1.72. The molecule has 6 nitrogen and oxygen atoms in total. The Morgan fingerprint density at radius 2 is 1.89 bits per heavy atom. The molecule has 0 saturated heterocycles. The van der Waals surface area contributed by atoms with Crippen molar-refractivity contribution in [2.45, 2.75) is 58.3 Å². The molecule has 1 aromatic rings. The summed E-state index contributed by atoms with van der Waals surface area (Å²) in [5.41, 5.74) is -0.436. The highest BCUT2D eigenvalue weighted by Gasteiger charge is 2.06. The number of rotatable bonds is 9. The first-order chi connectivity index (χ1) is 9.22. The molecule has 1 aromatic heterocycles. The molecule has 0 atom stereocenters. The molecule has 1 rings (SSSR count). The zero-order valence-corrected chi connectivity index (χ0v) is 11.4. The molecule has 6 heteroatoms. The normalized spacial score (nSPS) is 10.4. The van der Waals surface area contributed by atoms with E-state index in [1.165, 1.54) is 25.7 Å². The molecule has 1 N–H and O–H groups in total. The van der Waals surface area contributed by atoms with Gasteiger partial charge in [-0.1, -0.05) is 50.5 Å². The van der Waals surface area contributed by atoms with Crippen molar-refractivity contribution >= 4 is 5.97 Å². The maximum Gasteiger partial charge on any atom is 0.323 e. The van der Waals surface area contributed by atoms with Crippen LogP contribution < -0.4 is 10.3 Å². The van der Waals surface area contributed by atoms with Gasteiger partial charge in [0.15, 0.2) is 0 Å². The molecule has 0 fully saturated rings. The molecule has 19 heavy (non-hydrogen) atoms. The minimum Gasteiger partial charge on any atom is -0.391 e. The second-order valence-corrected chi connectivity index (χ2v) is 4.48. The molecule has 0 saturated carbocycles. The molecule has 0 spiro atoms. The van der Waals surface area contributed by atoms with Crippen LogP contribution >= 0.6 is 0 Å². The van der Waals surface area contributed by atoms with Gasteiger partial charge in [0, 0.05) is 6.42 Å². The maximum atomic E-state index is 11.4. The lowest BCUT2D eigenvalue weighted by atomic mass is 10.1. The van der Waals surface area contributed by atoms with Crippen LogP contribution in [-0.4, -0.2) is 21.2 Å². The highest BCUT2D eigenvalue weighted by Crippen LogP contribution is 2.09. The monoisotopic (exact) mass is 267 g/mol. The average Bonchev–Trinajstić information content (AvgIpc) is 2.37. The lowest BCUT2D eigenvalue weighted by Crippen LogP contribution is -2.15. The third kappa shape index (κ3) is 7.33. The standard InChI is InChI=1S/C13H21N3O3/c1-2-3-4-5-6-7-8-9-12(18)19-13-15-11(17)10-14-16-13/h10H,2-9H2,1H3,(H,15,16,17). The van der Waals surface area contributed by atoms with Gasteiger partial charge in [-0.2, -0.15) is 0 Å². The largest absolute Gasteiger partial charge is 0.391 e. The summed E-state index contributed by atoms with van der Waals surface area (Å²) in [5.74, 6) is -0.385. The van der Waals surface area contributed by atoms with Crippen LogP contribution in [0.4, 0.5) is 0 Å². The molecule has 0 aliphatic carbocycles. The number of H-pyrrole nitrogens is 1. The average molecular weight is 267 g/mol. The molecule has 0 radical (unpaired) electrons. The summed E-state index contributed by atoms with van der Waals surface area (Å²) in [4.78, 5) is 24.6. The van der Waals surface area contributed by atoms with E-state index < -0.39 is 5.56 Å². The van der Waals surface area contributed by atoms with Crippen molar-refractivity contribution in [2.75, 3.05) is 0 Å². The van der Waals surface area contributed by atoms with E-state index in [9.17, 15) is 9.59 Å². The number of ether oxygens (including phenoxy) is 1. The van der Waals surface area contributed by atoms with Gasteiger partial charge >= 0.3 is 12.0 Å². The Labute approximate surface area is 112 Å². The number of aromatic amines is 1. The van der Waals surface area contributed by atoms with E-state index >= 15 is 0 Å². The minimum atomic E-state index is -0.436. The maximum absolute atomic E-state index is 11.4. The molecule has 0 amide bonds. The van der Waals surface area contributed by atoms with Crippen LogP contribution in [0.25, 0.3) is 0 Å². The van der Waals surface area contributed by atoms with Gasteiger partial charge in [0.1, 0.15) is 6.20 Å². The summed E-state index contributed by atoms with van der Waals surface area (Å²) in [6, 6.07) is -0.138. The molecular formula is C13H21N3O3. The van der Waals surface area contributed by atoms with Gasteiger partial charge in [-0.15, -0.1) is 5.10 Å². The van der Waals surface area contributed by atoms with Gasteiger partial charge in [-0.05, 0) is 6.42 Å². The van der Waals surface area contributed by atoms with E-state index in [0.29, 0.717) is 6.42 Å². The molecule has 0 bridgehead atoms. The lowest BCUT2D eigenvalue weighted by molar-refractivity contribution is -0.135. The predicted octanol–water partition coefficient (Wildman–Crippen LogP) is 2.21. The Bertz CT molecular complexity index is 431. The topological polar surface area (TPSA) is 84.9 Å².